The van der Waals surface area contributed by atoms with Gasteiger partial charge in [0.15, 0.2) is 0 Å². The summed E-state index contributed by atoms with van der Waals surface area (Å²) >= 11 is 0. The van der Waals surface area contributed by atoms with E-state index in [0.717, 1.165) is 16.9 Å². The molecular weight excluding hydrogens is 228 g/mol. The molecule has 18 heavy (non-hydrogen) atoms. The smallest absolute Gasteiger partial charge is 0.332 e. The molecule has 0 radical (unpaired) electrons. The van der Waals surface area contributed by atoms with Crippen LogP contribution >= 0.6 is 0 Å². The van der Waals surface area contributed by atoms with Gasteiger partial charge >= 0.3 is 5.69 Å². The SMILES string of the molecule is Cc1cn(C)c(=O)n1-c1cccc(C(C)CO)c1. The Morgan fingerprint density at radius 2 is 2.11 bits per heavy atom. The Balaban J connectivity index is 2.55. The lowest BCUT2D eigenvalue weighted by atomic mass is 10.0. The van der Waals surface area contributed by atoms with Gasteiger partial charge in [-0.15, -0.1) is 0 Å². The second kappa shape index (κ2) is 4.82. The zero-order chi connectivity index (χ0) is 13.3. The molecule has 0 saturated heterocycles. The van der Waals surface area contributed by atoms with Gasteiger partial charge in [-0.3, -0.25) is 4.57 Å². The third-order valence-corrected chi connectivity index (χ3v) is 3.20. The molecule has 1 aromatic carbocycles. The highest BCUT2D eigenvalue weighted by molar-refractivity contribution is 5.38. The zero-order valence-corrected chi connectivity index (χ0v) is 10.9. The summed E-state index contributed by atoms with van der Waals surface area (Å²) in [6.45, 7) is 3.97. The van der Waals surface area contributed by atoms with E-state index in [1.165, 1.54) is 0 Å². The molecule has 0 amide bonds. The number of nitrogens with zero attached hydrogens (tertiary/aromatic N) is 2. The zero-order valence-electron chi connectivity index (χ0n) is 10.9. The van der Waals surface area contributed by atoms with Crippen LogP contribution in [0.2, 0.25) is 0 Å². The standard InChI is InChI=1S/C14H18N2O2/c1-10(9-17)12-5-4-6-13(7-12)16-11(2)8-15(3)14(16)18/h4-8,10,17H,9H2,1-3H3. The number of aliphatic hydroxyl groups is 1. The van der Waals surface area contributed by atoms with E-state index in [1.54, 1.807) is 16.2 Å². The monoisotopic (exact) mass is 246 g/mol. The number of aryl methyl sites for hydroxylation is 2. The molecule has 0 fully saturated rings. The largest absolute Gasteiger partial charge is 0.396 e. The summed E-state index contributed by atoms with van der Waals surface area (Å²) < 4.78 is 3.24. The number of aromatic nitrogens is 2. The van der Waals surface area contributed by atoms with Crippen molar-refractivity contribution in [1.82, 2.24) is 9.13 Å². The molecule has 4 nitrogen and oxygen atoms in total. The van der Waals surface area contributed by atoms with Gasteiger partial charge in [-0.05, 0) is 24.6 Å². The maximum absolute atomic E-state index is 12.0. The molecule has 1 heterocycles. The normalized spacial score (nSPS) is 12.7. The number of aliphatic hydroxyl groups excluding tert-OH is 1. The first-order valence-electron chi connectivity index (χ1n) is 6.00. The lowest BCUT2D eigenvalue weighted by molar-refractivity contribution is 0.273. The fourth-order valence-corrected chi connectivity index (χ4v) is 2.09. The molecule has 1 aromatic heterocycles. The summed E-state index contributed by atoms with van der Waals surface area (Å²) in [6.07, 6.45) is 1.81. The van der Waals surface area contributed by atoms with E-state index in [0.29, 0.717) is 0 Å². The quantitative estimate of drug-likeness (QED) is 0.893. The number of hydrogen-bond acceptors (Lipinski definition) is 2. The molecule has 0 bridgehead atoms. The summed E-state index contributed by atoms with van der Waals surface area (Å²) in [5.41, 5.74) is 2.72. The van der Waals surface area contributed by atoms with Crippen LogP contribution in [0.25, 0.3) is 5.69 Å². The maximum Gasteiger partial charge on any atom is 0.332 e. The minimum atomic E-state index is -0.0544. The van der Waals surface area contributed by atoms with Gasteiger partial charge in [-0.25, -0.2) is 4.79 Å². The molecule has 0 aliphatic carbocycles. The highest BCUT2D eigenvalue weighted by atomic mass is 16.3. The van der Waals surface area contributed by atoms with Crippen LogP contribution < -0.4 is 5.69 Å². The molecule has 1 unspecified atom stereocenters. The molecule has 96 valence electrons. The number of imidazole rings is 1. The van der Waals surface area contributed by atoms with Gasteiger partial charge in [0, 0.05) is 31.5 Å². The van der Waals surface area contributed by atoms with E-state index in [-0.39, 0.29) is 18.2 Å². The molecule has 1 N–H and O–H groups in total. The summed E-state index contributed by atoms with van der Waals surface area (Å²) in [6, 6.07) is 7.74. The summed E-state index contributed by atoms with van der Waals surface area (Å²) in [7, 11) is 1.74. The summed E-state index contributed by atoms with van der Waals surface area (Å²) in [4.78, 5) is 12.0. The predicted octanol–water partition coefficient (Wildman–Crippen LogP) is 1.58. The van der Waals surface area contributed by atoms with Gasteiger partial charge in [0.2, 0.25) is 0 Å². The minimum Gasteiger partial charge on any atom is -0.396 e. The Morgan fingerprint density at radius 3 is 2.67 bits per heavy atom. The highest BCUT2D eigenvalue weighted by Crippen LogP contribution is 2.18. The predicted molar refractivity (Wildman–Crippen MR) is 71.2 cm³/mol. The molecule has 0 spiro atoms. The molecular formula is C14H18N2O2. The van der Waals surface area contributed by atoms with Crippen molar-refractivity contribution in [2.45, 2.75) is 19.8 Å². The number of hydrogen-bond donors (Lipinski definition) is 1. The van der Waals surface area contributed by atoms with Gasteiger partial charge in [0.25, 0.3) is 0 Å². The second-order valence-electron chi connectivity index (χ2n) is 4.68. The summed E-state index contributed by atoms with van der Waals surface area (Å²) in [5, 5.41) is 9.19. The molecule has 4 heteroatoms. The molecule has 1 atom stereocenters. The van der Waals surface area contributed by atoms with E-state index in [2.05, 4.69) is 0 Å². The lowest BCUT2D eigenvalue weighted by Gasteiger charge is -2.11. The third-order valence-electron chi connectivity index (χ3n) is 3.20. The van der Waals surface area contributed by atoms with Crippen molar-refractivity contribution in [1.29, 1.82) is 0 Å². The molecule has 0 saturated carbocycles. The molecule has 0 aliphatic heterocycles. The first-order chi connectivity index (χ1) is 8.54. The fraction of sp³-hybridized carbons (Fsp3) is 0.357. The van der Waals surface area contributed by atoms with Gasteiger partial charge in [0.05, 0.1) is 5.69 Å². The topological polar surface area (TPSA) is 47.2 Å². The van der Waals surface area contributed by atoms with Crippen LogP contribution in [0, 0.1) is 6.92 Å². The fourth-order valence-electron chi connectivity index (χ4n) is 2.09. The van der Waals surface area contributed by atoms with E-state index in [4.69, 9.17) is 0 Å². The molecule has 0 aliphatic rings. The van der Waals surface area contributed by atoms with Crippen molar-refractivity contribution in [3.63, 3.8) is 0 Å². The third kappa shape index (κ3) is 2.11. The maximum atomic E-state index is 12.0. The van der Waals surface area contributed by atoms with Crippen LogP contribution in [0.5, 0.6) is 0 Å². The Morgan fingerprint density at radius 1 is 1.39 bits per heavy atom. The first-order valence-corrected chi connectivity index (χ1v) is 6.00. The van der Waals surface area contributed by atoms with Crippen molar-refractivity contribution in [3.8, 4) is 5.69 Å². The van der Waals surface area contributed by atoms with Crippen molar-refractivity contribution >= 4 is 0 Å². The number of rotatable bonds is 3. The van der Waals surface area contributed by atoms with Crippen LogP contribution in [-0.4, -0.2) is 20.8 Å². The Kier molecular flexibility index (Phi) is 3.39. The Labute approximate surface area is 106 Å². The van der Waals surface area contributed by atoms with E-state index < -0.39 is 0 Å². The van der Waals surface area contributed by atoms with E-state index in [1.807, 2.05) is 44.3 Å². The van der Waals surface area contributed by atoms with Crippen LogP contribution in [-0.2, 0) is 7.05 Å². The van der Waals surface area contributed by atoms with Gasteiger partial charge in [0.1, 0.15) is 0 Å². The minimum absolute atomic E-state index is 0.0544. The van der Waals surface area contributed by atoms with Gasteiger partial charge in [-0.1, -0.05) is 19.1 Å². The molecule has 2 aromatic rings. The Hall–Kier alpha value is -1.81. The number of benzene rings is 1. The van der Waals surface area contributed by atoms with Crippen LogP contribution in [0.15, 0.2) is 35.3 Å². The van der Waals surface area contributed by atoms with Crippen LogP contribution in [0.3, 0.4) is 0 Å². The van der Waals surface area contributed by atoms with Gasteiger partial charge < -0.3 is 9.67 Å². The summed E-state index contributed by atoms with van der Waals surface area (Å²) in [5.74, 6) is 0.0738. The van der Waals surface area contributed by atoms with Crippen molar-refractivity contribution in [2.24, 2.45) is 7.05 Å². The highest BCUT2D eigenvalue weighted by Gasteiger charge is 2.10. The van der Waals surface area contributed by atoms with Crippen LogP contribution in [0.4, 0.5) is 0 Å². The van der Waals surface area contributed by atoms with Crippen molar-refractivity contribution in [3.05, 3.63) is 52.2 Å². The molecule has 2 rings (SSSR count). The van der Waals surface area contributed by atoms with Crippen molar-refractivity contribution < 1.29 is 5.11 Å². The van der Waals surface area contributed by atoms with Gasteiger partial charge in [-0.2, -0.15) is 0 Å². The van der Waals surface area contributed by atoms with E-state index in [9.17, 15) is 9.90 Å². The second-order valence-corrected chi connectivity index (χ2v) is 4.68. The van der Waals surface area contributed by atoms with Crippen molar-refractivity contribution in [2.75, 3.05) is 6.61 Å². The van der Waals surface area contributed by atoms with Crippen LogP contribution in [0.1, 0.15) is 24.1 Å². The first kappa shape index (κ1) is 12.6. The Bertz CT molecular complexity index is 610. The lowest BCUT2D eigenvalue weighted by Crippen LogP contribution is -2.21. The average Bonchev–Trinajstić information content (AvgIpc) is 2.62. The average molecular weight is 246 g/mol. The van der Waals surface area contributed by atoms with E-state index >= 15 is 0 Å².